The molecular formula is C19H20BrN. The molecule has 0 aromatic heterocycles. The van der Waals surface area contributed by atoms with Gasteiger partial charge in [0.05, 0.1) is 0 Å². The van der Waals surface area contributed by atoms with Gasteiger partial charge in [-0.2, -0.15) is 0 Å². The van der Waals surface area contributed by atoms with Crippen LogP contribution in [0.25, 0.3) is 6.08 Å². The summed E-state index contributed by atoms with van der Waals surface area (Å²) in [6, 6.07) is 6.52. The first kappa shape index (κ1) is 13.4. The quantitative estimate of drug-likeness (QED) is 0.633. The summed E-state index contributed by atoms with van der Waals surface area (Å²) >= 11 is 3.74. The van der Waals surface area contributed by atoms with E-state index in [0.29, 0.717) is 11.3 Å². The minimum absolute atomic E-state index is 0.343. The van der Waals surface area contributed by atoms with Crippen LogP contribution in [-0.2, 0) is 0 Å². The van der Waals surface area contributed by atoms with E-state index in [0.717, 1.165) is 6.54 Å². The smallest absolute Gasteiger partial charge is 0.0396 e. The van der Waals surface area contributed by atoms with E-state index in [9.17, 15) is 0 Å². The number of rotatable bonds is 0. The average Bonchev–Trinajstić information content (AvgIpc) is 2.77. The Balaban J connectivity index is 1.86. The number of halogens is 1. The SMILES string of the molecule is CN1CC(C)(C)CC2=C1C=CC1C2=Cc2cccc(Br)c21. The summed E-state index contributed by atoms with van der Waals surface area (Å²) in [5.41, 5.74) is 7.62. The van der Waals surface area contributed by atoms with Crippen molar-refractivity contribution in [2.75, 3.05) is 13.6 Å². The van der Waals surface area contributed by atoms with Crippen LogP contribution in [0.2, 0.25) is 0 Å². The molecule has 0 spiro atoms. The minimum Gasteiger partial charge on any atom is -0.374 e. The van der Waals surface area contributed by atoms with Crippen molar-refractivity contribution in [3.63, 3.8) is 0 Å². The van der Waals surface area contributed by atoms with Crippen LogP contribution in [0.1, 0.15) is 37.3 Å². The van der Waals surface area contributed by atoms with E-state index in [1.807, 2.05) is 0 Å². The molecule has 1 aliphatic heterocycles. The fraction of sp³-hybridized carbons (Fsp3) is 0.368. The Morgan fingerprint density at radius 1 is 1.29 bits per heavy atom. The Hall–Kier alpha value is -1.28. The van der Waals surface area contributed by atoms with Gasteiger partial charge in [0.1, 0.15) is 0 Å². The number of likely N-dealkylation sites (N-methyl/N-ethyl adjacent to an activating group) is 1. The summed E-state index contributed by atoms with van der Waals surface area (Å²) in [4.78, 5) is 2.42. The summed E-state index contributed by atoms with van der Waals surface area (Å²) in [7, 11) is 2.22. The normalized spacial score (nSPS) is 25.4. The third-order valence-corrected chi connectivity index (χ3v) is 5.57. The van der Waals surface area contributed by atoms with Crippen LogP contribution >= 0.6 is 15.9 Å². The van der Waals surface area contributed by atoms with Crippen molar-refractivity contribution in [1.82, 2.24) is 4.90 Å². The maximum atomic E-state index is 3.74. The van der Waals surface area contributed by atoms with Crippen LogP contribution in [-0.4, -0.2) is 18.5 Å². The zero-order valence-corrected chi connectivity index (χ0v) is 14.4. The molecule has 1 atom stereocenters. The van der Waals surface area contributed by atoms with Gasteiger partial charge < -0.3 is 4.90 Å². The molecule has 0 saturated carbocycles. The van der Waals surface area contributed by atoms with E-state index >= 15 is 0 Å². The zero-order chi connectivity index (χ0) is 14.8. The molecule has 2 heteroatoms. The molecule has 21 heavy (non-hydrogen) atoms. The first-order chi connectivity index (χ1) is 9.96. The Kier molecular flexibility index (Phi) is 2.78. The van der Waals surface area contributed by atoms with Gasteiger partial charge in [-0.1, -0.05) is 54.1 Å². The van der Waals surface area contributed by atoms with E-state index in [2.05, 4.69) is 78.2 Å². The fourth-order valence-corrected chi connectivity index (χ4v) is 4.77. The lowest BCUT2D eigenvalue weighted by Crippen LogP contribution is -2.37. The highest BCUT2D eigenvalue weighted by atomic mass is 79.9. The first-order valence-corrected chi connectivity index (χ1v) is 8.38. The molecule has 1 aromatic carbocycles. The van der Waals surface area contributed by atoms with Crippen LogP contribution < -0.4 is 0 Å². The van der Waals surface area contributed by atoms with Gasteiger partial charge in [0.25, 0.3) is 0 Å². The Morgan fingerprint density at radius 3 is 2.90 bits per heavy atom. The lowest BCUT2D eigenvalue weighted by molar-refractivity contribution is 0.222. The summed E-state index contributed by atoms with van der Waals surface area (Å²) in [6.45, 7) is 5.88. The molecule has 1 nitrogen and oxygen atoms in total. The summed E-state index contributed by atoms with van der Waals surface area (Å²) in [5, 5.41) is 0. The molecule has 0 saturated heterocycles. The second kappa shape index (κ2) is 4.36. The van der Waals surface area contributed by atoms with Crippen LogP contribution in [0.15, 0.2) is 51.7 Å². The Morgan fingerprint density at radius 2 is 2.10 bits per heavy atom. The fourth-order valence-electron chi connectivity index (χ4n) is 4.14. The molecule has 0 fully saturated rings. The van der Waals surface area contributed by atoms with E-state index in [1.54, 1.807) is 5.57 Å². The number of benzene rings is 1. The minimum atomic E-state index is 0.343. The molecule has 0 radical (unpaired) electrons. The lowest BCUT2D eigenvalue weighted by atomic mass is 9.74. The molecule has 1 heterocycles. The number of hydrogen-bond donors (Lipinski definition) is 0. The molecule has 0 N–H and O–H groups in total. The van der Waals surface area contributed by atoms with Gasteiger partial charge in [-0.3, -0.25) is 0 Å². The van der Waals surface area contributed by atoms with Gasteiger partial charge in [0.2, 0.25) is 0 Å². The van der Waals surface area contributed by atoms with E-state index < -0.39 is 0 Å². The van der Waals surface area contributed by atoms with Gasteiger partial charge in [0, 0.05) is 29.7 Å². The summed E-state index contributed by atoms with van der Waals surface area (Å²) in [5.74, 6) is 0.427. The first-order valence-electron chi connectivity index (χ1n) is 7.59. The third kappa shape index (κ3) is 1.96. The van der Waals surface area contributed by atoms with Gasteiger partial charge in [-0.25, -0.2) is 0 Å². The maximum Gasteiger partial charge on any atom is 0.0396 e. The molecule has 108 valence electrons. The van der Waals surface area contributed by atoms with Gasteiger partial charge in [0.15, 0.2) is 0 Å². The third-order valence-electron chi connectivity index (χ3n) is 4.88. The van der Waals surface area contributed by atoms with Crippen molar-refractivity contribution < 1.29 is 0 Å². The molecule has 1 unspecified atom stereocenters. The molecule has 2 aliphatic carbocycles. The molecule has 0 amide bonds. The number of fused-ring (bicyclic) bond motifs is 4. The molecule has 4 rings (SSSR count). The van der Waals surface area contributed by atoms with E-state index in [-0.39, 0.29) is 0 Å². The number of nitrogens with zero attached hydrogens (tertiary/aromatic N) is 1. The van der Waals surface area contributed by atoms with Crippen molar-refractivity contribution >= 4 is 22.0 Å². The molecule has 0 bridgehead atoms. The highest BCUT2D eigenvalue weighted by molar-refractivity contribution is 9.10. The highest BCUT2D eigenvalue weighted by Gasteiger charge is 2.37. The predicted molar refractivity (Wildman–Crippen MR) is 92.1 cm³/mol. The van der Waals surface area contributed by atoms with Crippen molar-refractivity contribution in [1.29, 1.82) is 0 Å². The standard InChI is InChI=1S/C19H20BrN/c1-19(2)10-15-14-9-12-5-4-6-16(20)18(12)13(14)7-8-17(15)21(3)11-19/h4-9,13H,10-11H2,1-3H3. The number of allylic oxidation sites excluding steroid dienone is 4. The van der Waals surface area contributed by atoms with Crippen LogP contribution in [0.5, 0.6) is 0 Å². The van der Waals surface area contributed by atoms with E-state index in [4.69, 9.17) is 0 Å². The van der Waals surface area contributed by atoms with Crippen molar-refractivity contribution in [3.8, 4) is 0 Å². The average molecular weight is 342 g/mol. The van der Waals surface area contributed by atoms with Crippen molar-refractivity contribution in [2.24, 2.45) is 5.41 Å². The van der Waals surface area contributed by atoms with E-state index in [1.165, 1.54) is 33.3 Å². The topological polar surface area (TPSA) is 3.24 Å². The predicted octanol–water partition coefficient (Wildman–Crippen LogP) is 5.12. The second-order valence-corrected chi connectivity index (χ2v) is 8.09. The van der Waals surface area contributed by atoms with Crippen molar-refractivity contribution in [3.05, 3.63) is 62.8 Å². The number of hydrogen-bond acceptors (Lipinski definition) is 1. The second-order valence-electron chi connectivity index (χ2n) is 7.24. The highest BCUT2D eigenvalue weighted by Crippen LogP contribution is 2.51. The largest absolute Gasteiger partial charge is 0.374 e. The van der Waals surface area contributed by atoms with Gasteiger partial charge in [-0.05, 0) is 46.3 Å². The van der Waals surface area contributed by atoms with Crippen LogP contribution in [0, 0.1) is 5.41 Å². The Bertz CT molecular complexity index is 721. The monoisotopic (exact) mass is 341 g/mol. The van der Waals surface area contributed by atoms with Crippen LogP contribution in [0.3, 0.4) is 0 Å². The molecular weight excluding hydrogens is 322 g/mol. The zero-order valence-electron chi connectivity index (χ0n) is 12.8. The molecule has 3 aliphatic rings. The summed E-state index contributed by atoms with van der Waals surface area (Å²) in [6.07, 6.45) is 8.28. The van der Waals surface area contributed by atoms with Gasteiger partial charge >= 0.3 is 0 Å². The Labute approximate surface area is 135 Å². The maximum absolute atomic E-state index is 3.74. The molecule has 1 aromatic rings. The van der Waals surface area contributed by atoms with Crippen molar-refractivity contribution in [2.45, 2.75) is 26.2 Å². The van der Waals surface area contributed by atoms with Gasteiger partial charge in [-0.15, -0.1) is 0 Å². The summed E-state index contributed by atoms with van der Waals surface area (Å²) < 4.78 is 1.23. The van der Waals surface area contributed by atoms with Crippen LogP contribution in [0.4, 0.5) is 0 Å². The lowest BCUT2D eigenvalue weighted by Gasteiger charge is -2.42.